The summed E-state index contributed by atoms with van der Waals surface area (Å²) in [4.78, 5) is 37.5. The first-order chi connectivity index (χ1) is 12.7. The lowest BCUT2D eigenvalue weighted by Gasteiger charge is -2.44. The molecule has 146 valence electrons. The van der Waals surface area contributed by atoms with Crippen molar-refractivity contribution in [1.82, 2.24) is 9.55 Å². The largest absolute Gasteiger partial charge is 0.475 e. The molecule has 1 fully saturated rings. The number of carbonyl (C=O) groups excluding carboxylic acids is 1. The summed E-state index contributed by atoms with van der Waals surface area (Å²) in [6.45, 7) is 4.47. The summed E-state index contributed by atoms with van der Waals surface area (Å²) >= 11 is 0. The topological polar surface area (TPSA) is 157 Å². The van der Waals surface area contributed by atoms with Crippen molar-refractivity contribution in [3.63, 3.8) is 0 Å². The fraction of sp³-hybridized carbons (Fsp3) is 0.667. The lowest BCUT2D eigenvalue weighted by molar-refractivity contribution is -0.188. The van der Waals surface area contributed by atoms with E-state index in [0.29, 0.717) is 4.57 Å². The predicted octanol–water partition coefficient (Wildman–Crippen LogP) is -3.66. The van der Waals surface area contributed by atoms with Gasteiger partial charge in [-0.05, 0) is 12.8 Å². The molecule has 0 saturated carbocycles. The van der Waals surface area contributed by atoms with Crippen LogP contribution >= 0.6 is 0 Å². The van der Waals surface area contributed by atoms with E-state index in [1.807, 2.05) is 4.98 Å². The van der Waals surface area contributed by atoms with E-state index in [9.17, 15) is 24.6 Å². The monoisotopic (exact) mass is 387 g/mol. The van der Waals surface area contributed by atoms with Crippen molar-refractivity contribution in [3.05, 3.63) is 33.1 Å². The lowest BCUT2D eigenvalue weighted by Crippen LogP contribution is -2.63. The van der Waals surface area contributed by atoms with Gasteiger partial charge in [0.2, 0.25) is 0 Å². The Hall–Kier alpha value is -1.82. The number of ether oxygens (including phenoxy) is 2. The van der Waals surface area contributed by atoms with Crippen LogP contribution in [0.3, 0.4) is 0 Å². The fourth-order valence-electron chi connectivity index (χ4n) is 2.79. The zero-order chi connectivity index (χ0) is 21.7. The average Bonchev–Trinajstić information content (AvgIpc) is 2.75. The molecule has 0 aromatic carbocycles. The van der Waals surface area contributed by atoms with E-state index in [0.717, 1.165) is 19.2 Å². The Kier molecular flexibility index (Phi) is 5.79. The Morgan fingerprint density at radius 2 is 1.96 bits per heavy atom. The van der Waals surface area contributed by atoms with Gasteiger partial charge in [0.25, 0.3) is 5.56 Å². The number of nitrogens with one attached hydrogen (secondary N) is 1. The number of aliphatic hydroxyl groups excluding tert-OH is 2. The van der Waals surface area contributed by atoms with Gasteiger partial charge in [-0.15, -0.1) is 0 Å². The van der Waals surface area contributed by atoms with Crippen LogP contribution in [-0.4, -0.2) is 78.5 Å². The van der Waals surface area contributed by atoms with E-state index in [1.54, 1.807) is 13.8 Å². The Morgan fingerprint density at radius 1 is 1.39 bits per heavy atom. The maximum Gasteiger partial charge on any atom is 0.330 e. The van der Waals surface area contributed by atoms with Gasteiger partial charge in [0.15, 0.2) is 0 Å². The number of nitrogens with two attached hydrogens (primary N) is 1. The van der Waals surface area contributed by atoms with E-state index < -0.39 is 52.1 Å². The SMILES string of the molecule is [B]C([B])(OC(=O)[C@@H](N)C(C)C)[C@@]1(C)O[C@@]([B])(n2ccc(=O)[nH]c2=O)[C@H](O)[C@@H]1O. The highest BCUT2D eigenvalue weighted by Gasteiger charge is 2.64. The molecular weight excluding hydrogens is 367 g/mol. The summed E-state index contributed by atoms with van der Waals surface area (Å²) in [7, 11) is 17.8. The molecule has 1 aromatic rings. The molecule has 28 heavy (non-hydrogen) atoms. The minimum atomic E-state index is -2.50. The number of nitrogens with zero attached hydrogens (tertiary/aromatic N) is 1. The van der Waals surface area contributed by atoms with Crippen LogP contribution in [0.1, 0.15) is 20.8 Å². The number of aromatic nitrogens is 2. The number of H-pyrrole nitrogens is 1. The maximum atomic E-state index is 12.2. The molecule has 0 amide bonds. The molecule has 10 nitrogen and oxygen atoms in total. The third-order valence-corrected chi connectivity index (χ3v) is 4.90. The Bertz CT molecular complexity index is 873. The van der Waals surface area contributed by atoms with Crippen molar-refractivity contribution in [2.75, 3.05) is 0 Å². The highest BCUT2D eigenvalue weighted by Crippen LogP contribution is 2.44. The van der Waals surface area contributed by atoms with E-state index in [-0.39, 0.29) is 5.92 Å². The van der Waals surface area contributed by atoms with Crippen LogP contribution < -0.4 is 17.0 Å². The lowest BCUT2D eigenvalue weighted by atomic mass is 9.54. The molecule has 5 atom stereocenters. The van der Waals surface area contributed by atoms with Crippen molar-refractivity contribution in [3.8, 4) is 0 Å². The van der Waals surface area contributed by atoms with Gasteiger partial charge < -0.3 is 25.4 Å². The van der Waals surface area contributed by atoms with Gasteiger partial charge >= 0.3 is 11.7 Å². The van der Waals surface area contributed by atoms with Gasteiger partial charge in [0, 0.05) is 12.3 Å². The van der Waals surface area contributed by atoms with E-state index in [2.05, 4.69) is 0 Å². The van der Waals surface area contributed by atoms with Crippen LogP contribution in [0.15, 0.2) is 21.9 Å². The molecule has 0 aliphatic carbocycles. The Balaban J connectivity index is 2.44. The van der Waals surface area contributed by atoms with Gasteiger partial charge in [-0.1, -0.05) is 13.8 Å². The molecular formula is C15H20B3N3O7. The van der Waals surface area contributed by atoms with Gasteiger partial charge in [-0.25, -0.2) is 4.79 Å². The van der Waals surface area contributed by atoms with Crippen LogP contribution in [0, 0.1) is 5.92 Å². The summed E-state index contributed by atoms with van der Waals surface area (Å²) in [5.41, 5.74) is -0.582. The summed E-state index contributed by atoms with van der Waals surface area (Å²) in [5, 5.41) is 18.5. The third kappa shape index (κ3) is 3.47. The summed E-state index contributed by atoms with van der Waals surface area (Å²) in [6.07, 6.45) is -2.88. The van der Waals surface area contributed by atoms with Crippen molar-refractivity contribution in [1.29, 1.82) is 0 Å². The first-order valence-corrected chi connectivity index (χ1v) is 8.41. The summed E-state index contributed by atoms with van der Waals surface area (Å²) in [6, 6.07) is -0.114. The molecule has 1 saturated heterocycles. The van der Waals surface area contributed by atoms with Crippen LogP contribution in [-0.2, 0) is 19.9 Å². The van der Waals surface area contributed by atoms with Crippen molar-refractivity contribution in [2.45, 2.75) is 55.6 Å². The number of rotatable bonds is 5. The van der Waals surface area contributed by atoms with E-state index in [1.165, 1.54) is 0 Å². The number of hydrogen-bond donors (Lipinski definition) is 4. The molecule has 13 heteroatoms. The molecule has 5 N–H and O–H groups in total. The van der Waals surface area contributed by atoms with Crippen molar-refractivity contribution in [2.24, 2.45) is 11.7 Å². The maximum absolute atomic E-state index is 12.2. The van der Waals surface area contributed by atoms with Crippen LogP contribution in [0.4, 0.5) is 0 Å². The average molecular weight is 387 g/mol. The van der Waals surface area contributed by atoms with Crippen molar-refractivity contribution < 1.29 is 24.5 Å². The minimum absolute atomic E-state index is 0.301. The zero-order valence-corrected chi connectivity index (χ0v) is 15.7. The Labute approximate surface area is 164 Å². The van der Waals surface area contributed by atoms with Crippen LogP contribution in [0.25, 0.3) is 0 Å². The van der Waals surface area contributed by atoms with Gasteiger partial charge in [0.05, 0.1) is 5.40 Å². The number of hydrogen-bond acceptors (Lipinski definition) is 8. The molecule has 0 spiro atoms. The number of esters is 1. The van der Waals surface area contributed by atoms with Crippen LogP contribution in [0.2, 0.25) is 0 Å². The van der Waals surface area contributed by atoms with Gasteiger partial charge in [-0.3, -0.25) is 19.1 Å². The normalized spacial score (nSPS) is 31.7. The molecule has 2 rings (SSSR count). The first-order valence-electron chi connectivity index (χ1n) is 8.41. The molecule has 1 aromatic heterocycles. The highest BCUT2D eigenvalue weighted by atomic mass is 16.6. The van der Waals surface area contributed by atoms with Gasteiger partial charge in [0.1, 0.15) is 53.0 Å². The zero-order valence-electron chi connectivity index (χ0n) is 15.7. The number of aromatic amines is 1. The highest BCUT2D eigenvalue weighted by molar-refractivity contribution is 6.40. The minimum Gasteiger partial charge on any atom is -0.475 e. The summed E-state index contributed by atoms with van der Waals surface area (Å²) < 4.78 is 11.2. The van der Waals surface area contributed by atoms with E-state index >= 15 is 0 Å². The molecule has 1 aliphatic rings. The second kappa shape index (κ2) is 7.22. The first kappa shape index (κ1) is 22.5. The second-order valence-electron chi connectivity index (χ2n) is 7.31. The standard InChI is InChI=1S/C15H20B3N3O7/c1-6(2)8(19)11(25)27-15(17,18)13(3)9(23)10(24)14(16,28-13)21-5-4-7(22)20-12(21)26/h4-6,8-10,23-24H,19H2,1-3H3,(H,20,22,26)/t8-,9-,10+,13-,14-/m0/s1. The number of carbonyl (C=O) groups is 1. The smallest absolute Gasteiger partial charge is 0.330 e. The third-order valence-electron chi connectivity index (χ3n) is 4.90. The molecule has 1 aliphatic heterocycles. The quantitative estimate of drug-likeness (QED) is 0.298. The van der Waals surface area contributed by atoms with Crippen LogP contribution in [0.5, 0.6) is 0 Å². The van der Waals surface area contributed by atoms with Crippen molar-refractivity contribution >= 4 is 29.5 Å². The summed E-state index contributed by atoms with van der Waals surface area (Å²) in [5.74, 6) is -1.27. The molecule has 2 heterocycles. The fourth-order valence-corrected chi connectivity index (χ4v) is 2.79. The van der Waals surface area contributed by atoms with Gasteiger partial charge in [-0.2, -0.15) is 0 Å². The molecule has 0 unspecified atom stereocenters. The predicted molar refractivity (Wildman–Crippen MR) is 99.7 cm³/mol. The number of aliphatic hydroxyl groups is 2. The Morgan fingerprint density at radius 3 is 2.46 bits per heavy atom. The van der Waals surface area contributed by atoms with E-state index in [4.69, 9.17) is 38.7 Å². The molecule has 6 radical (unpaired) electrons. The second-order valence-corrected chi connectivity index (χ2v) is 7.31. The molecule has 0 bridgehead atoms.